The molecule has 0 bridgehead atoms. The van der Waals surface area contributed by atoms with Crippen LogP contribution < -0.4 is 15.2 Å². The molecule has 0 amide bonds. The first kappa shape index (κ1) is 30.2. The van der Waals surface area contributed by atoms with Gasteiger partial charge in [0.05, 0.1) is 24.0 Å². The fourth-order valence-electron chi connectivity index (χ4n) is 5.14. The van der Waals surface area contributed by atoms with E-state index in [4.69, 9.17) is 16.3 Å². The van der Waals surface area contributed by atoms with Crippen molar-refractivity contribution in [2.24, 2.45) is 5.41 Å². The minimum absolute atomic E-state index is 0.0811. The smallest absolute Gasteiger partial charge is 0.397 e. The number of ether oxygens (including phenoxy) is 1. The second-order valence-corrected chi connectivity index (χ2v) is 13.3. The normalized spacial score (nSPS) is 17.0. The van der Waals surface area contributed by atoms with Crippen LogP contribution in [0.5, 0.6) is 5.75 Å². The predicted molar refractivity (Wildman–Crippen MR) is 158 cm³/mol. The van der Waals surface area contributed by atoms with Crippen molar-refractivity contribution < 1.29 is 26.3 Å². The summed E-state index contributed by atoms with van der Waals surface area (Å²) in [6.07, 6.45) is 1.82. The highest BCUT2D eigenvalue weighted by molar-refractivity contribution is 7.88. The van der Waals surface area contributed by atoms with Gasteiger partial charge in [0.25, 0.3) is 0 Å². The van der Waals surface area contributed by atoms with E-state index >= 15 is 0 Å². The van der Waals surface area contributed by atoms with Crippen LogP contribution in [0.1, 0.15) is 18.4 Å². The van der Waals surface area contributed by atoms with Crippen LogP contribution in [0.2, 0.25) is 5.02 Å². The number of halogens is 4. The van der Waals surface area contributed by atoms with Gasteiger partial charge in [-0.25, -0.2) is 13.4 Å². The van der Waals surface area contributed by atoms with Crippen LogP contribution in [0.25, 0.3) is 11.4 Å². The van der Waals surface area contributed by atoms with Crippen molar-refractivity contribution in [3.63, 3.8) is 0 Å². The number of anilines is 1. The standard InChI is InChI=1S/C29H28ClF3N6O4S/c30-22-2-1-3-24(16-22)39-27(40)26(43-19-28(8-9-28)29(31,32)33)25(17-35-39)36-12-14-38(15-13-36)44(41,42)18-21-4-6-23(7-5-21)37-11-10-34-20-37/h1-7,10-11,16-17,20H,8-9,12-15,18-19H2. The van der Waals surface area contributed by atoms with E-state index in [1.54, 1.807) is 54.0 Å². The monoisotopic (exact) mass is 648 g/mol. The Bertz CT molecular complexity index is 1800. The fourth-order valence-corrected chi connectivity index (χ4v) is 6.84. The van der Waals surface area contributed by atoms with Gasteiger partial charge in [-0.05, 0) is 48.7 Å². The average Bonchev–Trinajstić information content (AvgIpc) is 3.61. The van der Waals surface area contributed by atoms with Crippen LogP contribution in [-0.2, 0) is 15.8 Å². The lowest BCUT2D eigenvalue weighted by Gasteiger charge is -2.36. The number of hydrogen-bond acceptors (Lipinski definition) is 7. The molecule has 0 atom stereocenters. The molecule has 0 spiro atoms. The molecule has 1 aliphatic heterocycles. The Morgan fingerprint density at radius 1 is 1.00 bits per heavy atom. The summed E-state index contributed by atoms with van der Waals surface area (Å²) in [6, 6.07) is 13.5. The van der Waals surface area contributed by atoms with Gasteiger partial charge in [-0.1, -0.05) is 29.8 Å². The van der Waals surface area contributed by atoms with Gasteiger partial charge < -0.3 is 14.2 Å². The zero-order valence-electron chi connectivity index (χ0n) is 23.3. The zero-order chi connectivity index (χ0) is 31.1. The summed E-state index contributed by atoms with van der Waals surface area (Å²) in [5.74, 6) is -0.465. The minimum atomic E-state index is -4.47. The summed E-state index contributed by atoms with van der Waals surface area (Å²) < 4.78 is 77.4. The predicted octanol–water partition coefficient (Wildman–Crippen LogP) is 4.44. The van der Waals surface area contributed by atoms with E-state index < -0.39 is 33.8 Å². The Labute approximate surface area is 256 Å². The van der Waals surface area contributed by atoms with Crippen molar-refractivity contribution in [3.05, 3.63) is 94.4 Å². The van der Waals surface area contributed by atoms with Gasteiger partial charge in [-0.2, -0.15) is 27.3 Å². The second kappa shape index (κ2) is 11.6. The maximum atomic E-state index is 13.7. The van der Waals surface area contributed by atoms with Gasteiger partial charge in [-0.3, -0.25) is 4.79 Å². The third-order valence-corrected chi connectivity index (χ3v) is 10.1. The molecule has 2 fully saturated rings. The number of rotatable bonds is 9. The van der Waals surface area contributed by atoms with Gasteiger partial charge in [0.1, 0.15) is 17.7 Å². The van der Waals surface area contributed by atoms with Gasteiger partial charge in [0.15, 0.2) is 0 Å². The molecule has 2 aromatic heterocycles. The Hall–Kier alpha value is -3.88. The maximum Gasteiger partial charge on any atom is 0.397 e. The van der Waals surface area contributed by atoms with E-state index in [9.17, 15) is 26.4 Å². The van der Waals surface area contributed by atoms with Crippen LogP contribution in [0.15, 0.2) is 78.2 Å². The number of alkyl halides is 3. The van der Waals surface area contributed by atoms with Gasteiger partial charge in [-0.15, -0.1) is 0 Å². The first-order valence-electron chi connectivity index (χ1n) is 13.8. The molecular formula is C29H28ClF3N6O4S. The lowest BCUT2D eigenvalue weighted by molar-refractivity contribution is -0.194. The van der Waals surface area contributed by atoms with Gasteiger partial charge in [0.2, 0.25) is 15.8 Å². The largest absolute Gasteiger partial charge is 0.485 e. The van der Waals surface area contributed by atoms with Crippen molar-refractivity contribution in [2.45, 2.75) is 24.8 Å². The summed E-state index contributed by atoms with van der Waals surface area (Å²) in [5, 5.41) is 4.60. The molecule has 0 N–H and O–H groups in total. The number of nitrogens with zero attached hydrogens (tertiary/aromatic N) is 6. The SMILES string of the molecule is O=c1c(OCC2(C(F)(F)F)CC2)c(N2CCN(S(=O)(=O)Cc3ccc(-n4ccnc4)cc3)CC2)cnn1-c1cccc(Cl)c1. The molecule has 6 rings (SSSR count). The second-order valence-electron chi connectivity index (χ2n) is 10.9. The van der Waals surface area contributed by atoms with E-state index in [-0.39, 0.29) is 56.2 Å². The molecule has 4 aromatic rings. The molecule has 0 unspecified atom stereocenters. The summed E-state index contributed by atoms with van der Waals surface area (Å²) in [5.41, 5.74) is -0.728. The van der Waals surface area contributed by atoms with E-state index in [1.165, 1.54) is 16.6 Å². The first-order valence-corrected chi connectivity index (χ1v) is 15.8. The molecule has 2 aliphatic rings. The maximum absolute atomic E-state index is 13.7. The number of sulfonamides is 1. The van der Waals surface area contributed by atoms with Crippen molar-refractivity contribution >= 4 is 27.3 Å². The van der Waals surface area contributed by atoms with Crippen LogP contribution in [-0.4, -0.2) is 71.0 Å². The molecule has 0 radical (unpaired) electrons. The Balaban J connectivity index is 1.20. The van der Waals surface area contributed by atoms with Gasteiger partial charge in [0, 0.05) is 49.3 Å². The molecule has 15 heteroatoms. The van der Waals surface area contributed by atoms with Crippen molar-refractivity contribution in [3.8, 4) is 17.1 Å². The third kappa shape index (κ3) is 6.06. The number of piperazine rings is 1. The van der Waals surface area contributed by atoms with E-state index in [1.807, 2.05) is 16.7 Å². The molecule has 3 heterocycles. The molecule has 1 saturated carbocycles. The Morgan fingerprint density at radius 3 is 2.34 bits per heavy atom. The van der Waals surface area contributed by atoms with Crippen LogP contribution in [0, 0.1) is 5.41 Å². The summed E-state index contributed by atoms with van der Waals surface area (Å²) >= 11 is 6.08. The molecule has 232 valence electrons. The van der Waals surface area contributed by atoms with E-state index in [2.05, 4.69) is 10.1 Å². The zero-order valence-corrected chi connectivity index (χ0v) is 24.9. The molecule has 2 aromatic carbocycles. The molecule has 1 saturated heterocycles. The van der Waals surface area contributed by atoms with Crippen LogP contribution in [0.3, 0.4) is 0 Å². The Morgan fingerprint density at radius 2 is 1.73 bits per heavy atom. The van der Waals surface area contributed by atoms with Crippen molar-refractivity contribution in [1.29, 1.82) is 0 Å². The highest BCUT2D eigenvalue weighted by Gasteiger charge is 2.64. The third-order valence-electron chi connectivity index (χ3n) is 7.98. The van der Waals surface area contributed by atoms with Crippen molar-refractivity contribution in [1.82, 2.24) is 23.6 Å². The van der Waals surface area contributed by atoms with E-state index in [0.717, 1.165) is 10.4 Å². The van der Waals surface area contributed by atoms with Gasteiger partial charge >= 0.3 is 11.7 Å². The molecule has 10 nitrogen and oxygen atoms in total. The number of hydrogen-bond donors (Lipinski definition) is 0. The van der Waals surface area contributed by atoms with E-state index in [0.29, 0.717) is 16.3 Å². The molecule has 44 heavy (non-hydrogen) atoms. The summed E-state index contributed by atoms with van der Waals surface area (Å²) in [4.78, 5) is 19.3. The lowest BCUT2D eigenvalue weighted by Crippen LogP contribution is -2.49. The summed E-state index contributed by atoms with van der Waals surface area (Å²) in [7, 11) is -3.67. The number of aromatic nitrogens is 4. The highest BCUT2D eigenvalue weighted by atomic mass is 35.5. The number of benzene rings is 2. The van der Waals surface area contributed by atoms with Crippen LogP contribution >= 0.6 is 11.6 Å². The van der Waals surface area contributed by atoms with Crippen LogP contribution in [0.4, 0.5) is 18.9 Å². The number of imidazole rings is 1. The first-order chi connectivity index (χ1) is 21.0. The highest BCUT2D eigenvalue weighted by Crippen LogP contribution is 2.57. The lowest BCUT2D eigenvalue weighted by atomic mass is 10.1. The Kier molecular flexibility index (Phi) is 7.92. The minimum Gasteiger partial charge on any atom is -0.485 e. The average molecular weight is 649 g/mol. The molecule has 1 aliphatic carbocycles. The van der Waals surface area contributed by atoms with Crippen molar-refractivity contribution in [2.75, 3.05) is 37.7 Å². The summed E-state index contributed by atoms with van der Waals surface area (Å²) in [6.45, 7) is -0.118. The fraction of sp³-hybridized carbons (Fsp3) is 0.345. The molecular weight excluding hydrogens is 621 g/mol. The topological polar surface area (TPSA) is 103 Å². The quantitative estimate of drug-likeness (QED) is 0.264.